The van der Waals surface area contributed by atoms with E-state index in [9.17, 15) is 9.59 Å². The van der Waals surface area contributed by atoms with Crippen molar-refractivity contribution in [3.63, 3.8) is 0 Å². The third-order valence-corrected chi connectivity index (χ3v) is 3.39. The lowest BCUT2D eigenvalue weighted by Crippen LogP contribution is -2.49. The number of nitrogens with zero attached hydrogens (tertiary/aromatic N) is 3. The number of carbonyl (C=O) groups is 2. The summed E-state index contributed by atoms with van der Waals surface area (Å²) in [7, 11) is 1.65. The topological polar surface area (TPSA) is 76.4 Å². The Balaban J connectivity index is 2.45. The van der Waals surface area contributed by atoms with Crippen LogP contribution in [0, 0.1) is 11.3 Å². The van der Waals surface area contributed by atoms with E-state index in [1.807, 2.05) is 0 Å². The average Bonchev–Trinajstić information content (AvgIpc) is 2.43. The Morgan fingerprint density at radius 1 is 1.44 bits per heavy atom. The second kappa shape index (κ2) is 6.97. The summed E-state index contributed by atoms with van der Waals surface area (Å²) in [5, 5.41) is 10.6. The van der Waals surface area contributed by atoms with E-state index in [0.717, 1.165) is 32.5 Å². The first kappa shape index (κ1) is 14.5. The summed E-state index contributed by atoms with van der Waals surface area (Å²) in [5.41, 5.74) is 0. The molecule has 6 heteroatoms. The fourth-order valence-corrected chi connectivity index (χ4v) is 2.14. The van der Waals surface area contributed by atoms with E-state index in [1.165, 1.54) is 4.90 Å². The van der Waals surface area contributed by atoms with Crippen LogP contribution in [0.25, 0.3) is 0 Å². The number of likely N-dealkylation sites (tertiary alicyclic amines) is 1. The molecule has 2 amide bonds. The van der Waals surface area contributed by atoms with Gasteiger partial charge in [-0.15, -0.1) is 0 Å². The maximum Gasteiger partial charge on any atom is 0.311 e. The molecule has 0 atom stereocenters. The van der Waals surface area contributed by atoms with Crippen molar-refractivity contribution in [2.45, 2.75) is 25.8 Å². The van der Waals surface area contributed by atoms with Crippen LogP contribution in [0.5, 0.6) is 0 Å². The number of amides is 2. The van der Waals surface area contributed by atoms with E-state index >= 15 is 0 Å². The van der Waals surface area contributed by atoms with Crippen molar-refractivity contribution in [3.8, 4) is 6.07 Å². The fourth-order valence-electron chi connectivity index (χ4n) is 2.14. The summed E-state index contributed by atoms with van der Waals surface area (Å²) < 4.78 is 0. The van der Waals surface area contributed by atoms with Crippen LogP contribution in [0.15, 0.2) is 0 Å². The van der Waals surface area contributed by atoms with E-state index in [-0.39, 0.29) is 12.6 Å². The monoisotopic (exact) mass is 252 g/mol. The Hall–Kier alpha value is -1.61. The largest absolute Gasteiger partial charge is 0.335 e. The predicted octanol–water partition coefficient (Wildman–Crippen LogP) is -0.431. The van der Waals surface area contributed by atoms with Crippen molar-refractivity contribution in [2.24, 2.45) is 0 Å². The summed E-state index contributed by atoms with van der Waals surface area (Å²) in [6, 6.07) is 1.89. The number of nitrogens with one attached hydrogen (secondary N) is 1. The predicted molar refractivity (Wildman–Crippen MR) is 66.5 cm³/mol. The van der Waals surface area contributed by atoms with Crippen LogP contribution in [0.3, 0.4) is 0 Å². The molecule has 1 aliphatic rings. The van der Waals surface area contributed by atoms with Gasteiger partial charge in [0.05, 0.1) is 6.07 Å². The lowest BCUT2D eigenvalue weighted by molar-refractivity contribution is -0.146. The van der Waals surface area contributed by atoms with Gasteiger partial charge < -0.3 is 15.1 Å². The number of hydrogen-bond acceptors (Lipinski definition) is 4. The van der Waals surface area contributed by atoms with Crippen LogP contribution in [0.1, 0.15) is 19.8 Å². The van der Waals surface area contributed by atoms with E-state index in [1.54, 1.807) is 13.1 Å². The van der Waals surface area contributed by atoms with Gasteiger partial charge in [-0.05, 0) is 19.4 Å². The van der Waals surface area contributed by atoms with Gasteiger partial charge in [0.1, 0.15) is 6.54 Å². The second-order valence-electron chi connectivity index (χ2n) is 4.42. The van der Waals surface area contributed by atoms with Crippen LogP contribution in [-0.4, -0.2) is 60.9 Å². The highest BCUT2D eigenvalue weighted by molar-refractivity contribution is 6.35. The number of nitriles is 1. The van der Waals surface area contributed by atoms with Gasteiger partial charge in [-0.25, -0.2) is 0 Å². The van der Waals surface area contributed by atoms with Gasteiger partial charge in [0, 0.05) is 26.2 Å². The number of rotatable bonds is 3. The fraction of sp³-hybridized carbons (Fsp3) is 0.750. The molecule has 0 aliphatic carbocycles. The summed E-state index contributed by atoms with van der Waals surface area (Å²) in [4.78, 5) is 27.1. The van der Waals surface area contributed by atoms with Crippen molar-refractivity contribution >= 4 is 11.8 Å². The van der Waals surface area contributed by atoms with Crippen molar-refractivity contribution in [1.29, 1.82) is 5.26 Å². The third-order valence-electron chi connectivity index (χ3n) is 3.39. The summed E-state index contributed by atoms with van der Waals surface area (Å²) in [6.45, 7) is 4.92. The maximum atomic E-state index is 11.8. The van der Waals surface area contributed by atoms with E-state index in [2.05, 4.69) is 17.1 Å². The normalized spacial score (nSPS) is 16.9. The summed E-state index contributed by atoms with van der Waals surface area (Å²) >= 11 is 0. The van der Waals surface area contributed by atoms with Gasteiger partial charge in [-0.3, -0.25) is 9.59 Å². The molecule has 1 fully saturated rings. The molecule has 0 aromatic rings. The first-order valence-electron chi connectivity index (χ1n) is 6.24. The second-order valence-corrected chi connectivity index (χ2v) is 4.42. The van der Waals surface area contributed by atoms with Gasteiger partial charge in [0.2, 0.25) is 0 Å². The standard InChI is InChI=1S/C12H20N4O2/c1-3-16-8-4-10(5-9-16)15(2)12(18)11(17)14-7-6-13/h10H,3-5,7-9H2,1-2H3,(H,14,17). The first-order valence-corrected chi connectivity index (χ1v) is 6.24. The Labute approximate surface area is 108 Å². The molecular weight excluding hydrogens is 232 g/mol. The summed E-state index contributed by atoms with van der Waals surface area (Å²) in [6.07, 6.45) is 1.78. The number of piperidine rings is 1. The molecule has 1 saturated heterocycles. The van der Waals surface area contributed by atoms with Crippen molar-refractivity contribution in [1.82, 2.24) is 15.1 Å². The average molecular weight is 252 g/mol. The van der Waals surface area contributed by atoms with Gasteiger partial charge in [-0.1, -0.05) is 6.92 Å². The van der Waals surface area contributed by atoms with Crippen molar-refractivity contribution < 1.29 is 9.59 Å². The zero-order valence-electron chi connectivity index (χ0n) is 11.0. The van der Waals surface area contributed by atoms with Crippen molar-refractivity contribution in [3.05, 3.63) is 0 Å². The van der Waals surface area contributed by atoms with Crippen LogP contribution >= 0.6 is 0 Å². The molecule has 0 radical (unpaired) electrons. The van der Waals surface area contributed by atoms with Crippen molar-refractivity contribution in [2.75, 3.05) is 33.2 Å². The Kier molecular flexibility index (Phi) is 5.59. The van der Waals surface area contributed by atoms with Crippen LogP contribution in [0.2, 0.25) is 0 Å². The van der Waals surface area contributed by atoms with E-state index in [4.69, 9.17) is 5.26 Å². The molecule has 0 unspecified atom stereocenters. The van der Waals surface area contributed by atoms with E-state index in [0.29, 0.717) is 0 Å². The molecule has 1 heterocycles. The SMILES string of the molecule is CCN1CCC(N(C)C(=O)C(=O)NCC#N)CC1. The van der Waals surface area contributed by atoms with E-state index < -0.39 is 11.8 Å². The quantitative estimate of drug-likeness (QED) is 0.546. The first-order chi connectivity index (χ1) is 8.60. The van der Waals surface area contributed by atoms with Gasteiger partial charge >= 0.3 is 11.8 Å². The molecule has 0 saturated carbocycles. The van der Waals surface area contributed by atoms with Gasteiger partial charge in [0.15, 0.2) is 0 Å². The number of carbonyl (C=O) groups excluding carboxylic acids is 2. The molecule has 0 spiro atoms. The molecule has 0 aromatic carbocycles. The molecule has 1 aliphatic heterocycles. The molecule has 1 rings (SSSR count). The number of hydrogen-bond donors (Lipinski definition) is 1. The third kappa shape index (κ3) is 3.70. The minimum absolute atomic E-state index is 0.119. The molecule has 0 aromatic heterocycles. The minimum Gasteiger partial charge on any atom is -0.335 e. The zero-order chi connectivity index (χ0) is 13.5. The smallest absolute Gasteiger partial charge is 0.311 e. The lowest BCUT2D eigenvalue weighted by Gasteiger charge is -2.35. The molecule has 6 nitrogen and oxygen atoms in total. The molecule has 0 bridgehead atoms. The minimum atomic E-state index is -0.697. The number of likely N-dealkylation sites (N-methyl/N-ethyl adjacent to an activating group) is 1. The summed E-state index contributed by atoms with van der Waals surface area (Å²) in [5.74, 6) is -1.25. The Morgan fingerprint density at radius 3 is 2.56 bits per heavy atom. The molecule has 18 heavy (non-hydrogen) atoms. The molecule has 100 valence electrons. The van der Waals surface area contributed by atoms with Crippen LogP contribution in [0.4, 0.5) is 0 Å². The maximum absolute atomic E-state index is 11.8. The Bertz CT molecular complexity index is 342. The highest BCUT2D eigenvalue weighted by atomic mass is 16.2. The van der Waals surface area contributed by atoms with Gasteiger partial charge in [-0.2, -0.15) is 5.26 Å². The van der Waals surface area contributed by atoms with Gasteiger partial charge in [0.25, 0.3) is 0 Å². The molecule has 1 N–H and O–H groups in total. The highest BCUT2D eigenvalue weighted by Gasteiger charge is 2.27. The van der Waals surface area contributed by atoms with Crippen LogP contribution < -0.4 is 5.32 Å². The lowest BCUT2D eigenvalue weighted by atomic mass is 10.0. The van der Waals surface area contributed by atoms with Crippen LogP contribution in [-0.2, 0) is 9.59 Å². The highest BCUT2D eigenvalue weighted by Crippen LogP contribution is 2.15. The molecular formula is C12H20N4O2. The zero-order valence-corrected chi connectivity index (χ0v) is 11.0. The Morgan fingerprint density at radius 2 is 2.06 bits per heavy atom.